The maximum atomic E-state index is 12.7. The zero-order chi connectivity index (χ0) is 20.4. The number of carbonyl (C=O) groups excluding carboxylic acids is 2. The van der Waals surface area contributed by atoms with Gasteiger partial charge in [0.2, 0.25) is 11.8 Å². The van der Waals surface area contributed by atoms with Gasteiger partial charge in [-0.1, -0.05) is 42.1 Å². The van der Waals surface area contributed by atoms with Gasteiger partial charge in [-0.25, -0.2) is 10.9 Å². The number of hydrazine groups is 1. The standard InChI is InChI=1S/C19H19N5O2S3/c1-11(25)20-13-7-3-2-6-12(13)16-17(26)21-18(23-22-16)28-10-24-14-8-4-5-9-15(14)29-19(24)27/h2-9,16,18,22-23H,10H2,1H3,(H,20,25)(H,21,26). The third kappa shape index (κ3) is 4.36. The summed E-state index contributed by atoms with van der Waals surface area (Å²) >= 11 is 8.59. The molecule has 4 rings (SSSR count). The molecule has 0 spiro atoms. The maximum Gasteiger partial charge on any atom is 0.245 e. The minimum atomic E-state index is -0.612. The summed E-state index contributed by atoms with van der Waals surface area (Å²) in [5.41, 5.74) is 8.28. The van der Waals surface area contributed by atoms with Crippen LogP contribution in [0.1, 0.15) is 18.5 Å². The number of hydrogen-bond donors (Lipinski definition) is 4. The fraction of sp³-hybridized carbons (Fsp3) is 0.211. The summed E-state index contributed by atoms with van der Waals surface area (Å²) in [5, 5.41) is 5.73. The quantitative estimate of drug-likeness (QED) is 0.451. The SMILES string of the molecule is CC(=O)Nc1ccccc1C1NNC(SCn2c(=S)sc3ccccc32)NC1=O. The topological polar surface area (TPSA) is 87.2 Å². The van der Waals surface area contributed by atoms with E-state index in [1.54, 1.807) is 17.4 Å². The van der Waals surface area contributed by atoms with Crippen molar-refractivity contribution in [3.05, 3.63) is 58.0 Å². The lowest BCUT2D eigenvalue weighted by molar-refractivity contribution is -0.126. The van der Waals surface area contributed by atoms with Crippen LogP contribution in [0.5, 0.6) is 0 Å². The number of nitrogens with zero attached hydrogens (tertiary/aromatic N) is 1. The molecular weight excluding hydrogens is 426 g/mol. The van der Waals surface area contributed by atoms with Gasteiger partial charge >= 0.3 is 0 Å². The van der Waals surface area contributed by atoms with Crippen LogP contribution in [0.15, 0.2) is 48.5 Å². The first-order chi connectivity index (χ1) is 14.0. The van der Waals surface area contributed by atoms with Gasteiger partial charge in [0.15, 0.2) is 3.95 Å². The predicted octanol–water partition coefficient (Wildman–Crippen LogP) is 3.33. The summed E-state index contributed by atoms with van der Waals surface area (Å²) < 4.78 is 4.01. The van der Waals surface area contributed by atoms with E-state index in [-0.39, 0.29) is 17.3 Å². The third-order valence-electron chi connectivity index (χ3n) is 4.42. The molecule has 150 valence electrons. The van der Waals surface area contributed by atoms with Crippen molar-refractivity contribution >= 4 is 63.0 Å². The largest absolute Gasteiger partial charge is 0.329 e. The van der Waals surface area contributed by atoms with E-state index < -0.39 is 6.04 Å². The molecule has 4 N–H and O–H groups in total. The Kier molecular flexibility index (Phi) is 5.97. The van der Waals surface area contributed by atoms with Crippen LogP contribution in [0.2, 0.25) is 0 Å². The minimum Gasteiger partial charge on any atom is -0.329 e. The van der Waals surface area contributed by atoms with Crippen LogP contribution in [-0.2, 0) is 15.5 Å². The van der Waals surface area contributed by atoms with Gasteiger partial charge in [-0.2, -0.15) is 0 Å². The molecule has 1 aliphatic heterocycles. The number of thiazole rings is 1. The molecule has 1 fully saturated rings. The lowest BCUT2D eigenvalue weighted by Crippen LogP contribution is -2.60. The van der Waals surface area contributed by atoms with E-state index in [4.69, 9.17) is 12.2 Å². The summed E-state index contributed by atoms with van der Waals surface area (Å²) in [6.07, 6.45) is 0. The Morgan fingerprint density at radius 3 is 2.76 bits per heavy atom. The zero-order valence-corrected chi connectivity index (χ0v) is 17.9. The first kappa shape index (κ1) is 20.0. The number of amides is 2. The van der Waals surface area contributed by atoms with Crippen LogP contribution in [0.3, 0.4) is 0 Å². The molecule has 29 heavy (non-hydrogen) atoms. The fourth-order valence-electron chi connectivity index (χ4n) is 3.11. The highest BCUT2D eigenvalue weighted by molar-refractivity contribution is 7.98. The van der Waals surface area contributed by atoms with Crippen LogP contribution >= 0.6 is 35.3 Å². The van der Waals surface area contributed by atoms with Gasteiger partial charge in [-0.05, 0) is 30.4 Å². The predicted molar refractivity (Wildman–Crippen MR) is 120 cm³/mol. The number of para-hydroxylation sites is 2. The van der Waals surface area contributed by atoms with Crippen molar-refractivity contribution in [3.8, 4) is 0 Å². The summed E-state index contributed by atoms with van der Waals surface area (Å²) in [4.78, 5) is 24.2. The van der Waals surface area contributed by atoms with Gasteiger partial charge in [-0.15, -0.1) is 11.3 Å². The molecule has 10 heteroatoms. The number of anilines is 1. The summed E-state index contributed by atoms with van der Waals surface area (Å²) in [6.45, 7) is 1.44. The van der Waals surface area contributed by atoms with Gasteiger partial charge in [0.1, 0.15) is 11.5 Å². The Balaban J connectivity index is 1.43. The lowest BCUT2D eigenvalue weighted by Gasteiger charge is -2.32. The zero-order valence-electron chi connectivity index (χ0n) is 15.5. The first-order valence-electron chi connectivity index (χ1n) is 8.91. The van der Waals surface area contributed by atoms with Crippen molar-refractivity contribution < 1.29 is 9.59 Å². The van der Waals surface area contributed by atoms with E-state index in [0.29, 0.717) is 17.1 Å². The average Bonchev–Trinajstić information content (AvgIpc) is 3.02. The van der Waals surface area contributed by atoms with Crippen LogP contribution in [0, 0.1) is 3.95 Å². The molecule has 1 aliphatic rings. The molecule has 3 aromatic rings. The van der Waals surface area contributed by atoms with Crippen LogP contribution in [0.25, 0.3) is 10.2 Å². The van der Waals surface area contributed by atoms with Gasteiger partial charge in [0, 0.05) is 18.2 Å². The number of aromatic nitrogens is 1. The Morgan fingerprint density at radius 1 is 1.21 bits per heavy atom. The van der Waals surface area contributed by atoms with Crippen molar-refractivity contribution in [1.29, 1.82) is 0 Å². The van der Waals surface area contributed by atoms with Crippen LogP contribution in [-0.4, -0.2) is 21.9 Å². The highest BCUT2D eigenvalue weighted by Crippen LogP contribution is 2.27. The third-order valence-corrected chi connectivity index (χ3v) is 6.83. The van der Waals surface area contributed by atoms with Gasteiger partial charge in [0.05, 0.1) is 16.1 Å². The van der Waals surface area contributed by atoms with Crippen molar-refractivity contribution in [2.45, 2.75) is 24.3 Å². The van der Waals surface area contributed by atoms with E-state index in [9.17, 15) is 9.59 Å². The van der Waals surface area contributed by atoms with Crippen LogP contribution < -0.4 is 21.5 Å². The molecule has 2 atom stereocenters. The number of carbonyl (C=O) groups is 2. The summed E-state index contributed by atoms with van der Waals surface area (Å²) in [7, 11) is 0. The van der Waals surface area contributed by atoms with Crippen molar-refractivity contribution in [3.63, 3.8) is 0 Å². The Labute approximate surface area is 180 Å². The molecule has 0 radical (unpaired) electrons. The number of rotatable bonds is 5. The molecule has 0 saturated carbocycles. The number of thioether (sulfide) groups is 1. The van der Waals surface area contributed by atoms with E-state index in [2.05, 4.69) is 32.1 Å². The summed E-state index contributed by atoms with van der Waals surface area (Å²) in [5.74, 6) is 0.253. The Morgan fingerprint density at radius 2 is 1.97 bits per heavy atom. The van der Waals surface area contributed by atoms with Crippen molar-refractivity contribution in [2.24, 2.45) is 0 Å². The van der Waals surface area contributed by atoms with E-state index in [1.807, 2.05) is 36.4 Å². The molecule has 2 heterocycles. The van der Waals surface area contributed by atoms with Crippen molar-refractivity contribution in [1.82, 2.24) is 20.7 Å². The second kappa shape index (κ2) is 8.64. The molecular formula is C19H19N5O2S3. The molecule has 2 unspecified atom stereocenters. The average molecular weight is 446 g/mol. The number of benzene rings is 2. The van der Waals surface area contributed by atoms with Crippen molar-refractivity contribution in [2.75, 3.05) is 5.32 Å². The fourth-order valence-corrected chi connectivity index (χ4v) is 5.52. The number of nitrogens with one attached hydrogen (secondary N) is 4. The molecule has 1 aromatic heterocycles. The molecule has 2 amide bonds. The first-order valence-corrected chi connectivity index (χ1v) is 11.2. The second-order valence-electron chi connectivity index (χ2n) is 6.44. The monoisotopic (exact) mass is 445 g/mol. The van der Waals surface area contributed by atoms with Gasteiger partial charge in [0.25, 0.3) is 0 Å². The normalized spacial score (nSPS) is 19.1. The smallest absolute Gasteiger partial charge is 0.245 e. The number of hydrogen-bond acceptors (Lipinski definition) is 7. The lowest BCUT2D eigenvalue weighted by atomic mass is 10.0. The molecule has 0 bridgehead atoms. The molecule has 0 aliphatic carbocycles. The van der Waals surface area contributed by atoms with E-state index in [1.165, 1.54) is 18.7 Å². The van der Waals surface area contributed by atoms with Gasteiger partial charge in [-0.3, -0.25) is 9.59 Å². The highest BCUT2D eigenvalue weighted by atomic mass is 32.2. The second-order valence-corrected chi connectivity index (χ2v) is 9.18. The van der Waals surface area contributed by atoms with Gasteiger partial charge < -0.3 is 15.2 Å². The van der Waals surface area contributed by atoms with E-state index in [0.717, 1.165) is 14.2 Å². The Hall–Kier alpha value is -2.24. The minimum absolute atomic E-state index is 0.169. The highest BCUT2D eigenvalue weighted by Gasteiger charge is 2.30. The number of fused-ring (bicyclic) bond motifs is 1. The molecule has 2 aromatic carbocycles. The Bertz CT molecular complexity index is 1130. The van der Waals surface area contributed by atoms with Crippen LogP contribution in [0.4, 0.5) is 5.69 Å². The summed E-state index contributed by atoms with van der Waals surface area (Å²) in [6, 6.07) is 14.7. The molecule has 7 nitrogen and oxygen atoms in total. The van der Waals surface area contributed by atoms with E-state index >= 15 is 0 Å². The maximum absolute atomic E-state index is 12.7. The molecule has 1 saturated heterocycles.